The lowest BCUT2D eigenvalue weighted by atomic mass is 10.2. The number of nitrogens with two attached hydrogens (primary N) is 1. The quantitative estimate of drug-likeness (QED) is 0.451. The van der Waals surface area contributed by atoms with Gasteiger partial charge in [-0.3, -0.25) is 9.59 Å². The molecule has 1 unspecified atom stereocenters. The van der Waals surface area contributed by atoms with E-state index in [1.54, 1.807) is 37.3 Å². The largest absolute Gasteiger partial charge is 0.325 e. The van der Waals surface area contributed by atoms with Crippen LogP contribution in [0.15, 0.2) is 82.6 Å². The van der Waals surface area contributed by atoms with Crippen LogP contribution in [-0.4, -0.2) is 25.5 Å². The zero-order valence-electron chi connectivity index (χ0n) is 16.9. The van der Waals surface area contributed by atoms with Crippen LogP contribution < -0.4 is 15.8 Å². The molecule has 0 aromatic heterocycles. The standard InChI is InChI=1S/C22H20FN3O4S2/c1-14(21(27)25-16-8-12-18(13-9-16)32(24,29)30)31-17-10-6-15(7-11-17)26-22(28)19-4-2-3-5-20(19)23/h2-14H,1H3,(H,25,27)(H,26,28)(H2,24,29,30). The fourth-order valence-electron chi connectivity index (χ4n) is 2.69. The van der Waals surface area contributed by atoms with E-state index in [9.17, 15) is 22.4 Å². The van der Waals surface area contributed by atoms with Crippen molar-refractivity contribution in [2.24, 2.45) is 5.14 Å². The summed E-state index contributed by atoms with van der Waals surface area (Å²) in [5, 5.41) is 9.95. The Labute approximate surface area is 189 Å². The maximum absolute atomic E-state index is 13.7. The Morgan fingerprint density at radius 2 is 1.47 bits per heavy atom. The molecule has 0 heterocycles. The highest BCUT2D eigenvalue weighted by atomic mass is 32.2. The maximum Gasteiger partial charge on any atom is 0.258 e. The first kappa shape index (κ1) is 23.5. The molecule has 0 aliphatic heterocycles. The number of amides is 2. The van der Waals surface area contributed by atoms with Crippen LogP contribution in [0.25, 0.3) is 0 Å². The zero-order valence-corrected chi connectivity index (χ0v) is 18.5. The Balaban J connectivity index is 1.57. The van der Waals surface area contributed by atoms with Gasteiger partial charge >= 0.3 is 0 Å². The highest BCUT2D eigenvalue weighted by Gasteiger charge is 2.16. The lowest BCUT2D eigenvalue weighted by molar-refractivity contribution is -0.115. The summed E-state index contributed by atoms with van der Waals surface area (Å²) in [5.41, 5.74) is 0.893. The molecule has 166 valence electrons. The van der Waals surface area contributed by atoms with Crippen LogP contribution in [0.3, 0.4) is 0 Å². The minimum atomic E-state index is -3.80. The van der Waals surface area contributed by atoms with E-state index >= 15 is 0 Å². The van der Waals surface area contributed by atoms with Crippen LogP contribution in [-0.2, 0) is 14.8 Å². The predicted octanol–water partition coefficient (Wildman–Crippen LogP) is 3.84. The molecule has 0 aliphatic carbocycles. The van der Waals surface area contributed by atoms with E-state index in [4.69, 9.17) is 5.14 Å². The smallest absolute Gasteiger partial charge is 0.258 e. The van der Waals surface area contributed by atoms with E-state index in [0.717, 1.165) is 4.90 Å². The number of carbonyl (C=O) groups excluding carboxylic acids is 2. The van der Waals surface area contributed by atoms with E-state index in [1.165, 1.54) is 54.2 Å². The second-order valence-electron chi connectivity index (χ2n) is 6.78. The summed E-state index contributed by atoms with van der Waals surface area (Å²) in [5.74, 6) is -1.42. The van der Waals surface area contributed by atoms with Gasteiger partial charge in [-0.25, -0.2) is 17.9 Å². The molecule has 0 radical (unpaired) electrons. The summed E-state index contributed by atoms with van der Waals surface area (Å²) in [7, 11) is -3.80. The number of sulfonamides is 1. The Morgan fingerprint density at radius 3 is 2.06 bits per heavy atom. The number of primary sulfonamides is 1. The molecule has 32 heavy (non-hydrogen) atoms. The topological polar surface area (TPSA) is 118 Å². The summed E-state index contributed by atoms with van der Waals surface area (Å²) in [6.45, 7) is 1.73. The molecular formula is C22H20FN3O4S2. The van der Waals surface area contributed by atoms with Crippen molar-refractivity contribution in [1.29, 1.82) is 0 Å². The van der Waals surface area contributed by atoms with Crippen LogP contribution in [0.1, 0.15) is 17.3 Å². The van der Waals surface area contributed by atoms with Crippen molar-refractivity contribution in [3.63, 3.8) is 0 Å². The molecule has 0 bridgehead atoms. The van der Waals surface area contributed by atoms with Gasteiger partial charge in [-0.15, -0.1) is 11.8 Å². The van der Waals surface area contributed by atoms with Gasteiger partial charge in [0.1, 0.15) is 5.82 Å². The Kier molecular flexibility index (Phi) is 7.29. The van der Waals surface area contributed by atoms with E-state index in [2.05, 4.69) is 10.6 Å². The number of thioether (sulfide) groups is 1. The molecular weight excluding hydrogens is 453 g/mol. The number of hydrogen-bond acceptors (Lipinski definition) is 5. The average molecular weight is 474 g/mol. The number of rotatable bonds is 7. The fraction of sp³-hybridized carbons (Fsp3) is 0.0909. The Bertz CT molecular complexity index is 1230. The molecule has 3 rings (SSSR count). The molecule has 7 nitrogen and oxygen atoms in total. The highest BCUT2D eigenvalue weighted by Crippen LogP contribution is 2.26. The van der Waals surface area contributed by atoms with E-state index in [1.807, 2.05) is 0 Å². The first-order chi connectivity index (χ1) is 15.1. The van der Waals surface area contributed by atoms with Gasteiger partial charge in [0.15, 0.2) is 0 Å². The SMILES string of the molecule is CC(Sc1ccc(NC(=O)c2ccccc2F)cc1)C(=O)Nc1ccc(S(N)(=O)=O)cc1. The van der Waals surface area contributed by atoms with Crippen molar-refractivity contribution in [2.45, 2.75) is 22.0 Å². The normalized spacial score (nSPS) is 12.1. The van der Waals surface area contributed by atoms with Crippen molar-refractivity contribution in [3.05, 3.63) is 84.2 Å². The van der Waals surface area contributed by atoms with Gasteiger partial charge in [0, 0.05) is 16.3 Å². The molecule has 4 N–H and O–H groups in total. The monoisotopic (exact) mass is 473 g/mol. The fourth-order valence-corrected chi connectivity index (χ4v) is 4.07. The van der Waals surface area contributed by atoms with Crippen molar-refractivity contribution in [3.8, 4) is 0 Å². The van der Waals surface area contributed by atoms with Crippen molar-refractivity contribution in [2.75, 3.05) is 10.6 Å². The number of anilines is 2. The summed E-state index contributed by atoms with van der Waals surface area (Å²) in [6, 6.07) is 18.1. The molecule has 2 amide bonds. The van der Waals surface area contributed by atoms with Crippen LogP contribution in [0.5, 0.6) is 0 Å². The van der Waals surface area contributed by atoms with Gasteiger partial charge in [-0.05, 0) is 67.6 Å². The van der Waals surface area contributed by atoms with Crippen LogP contribution in [0.2, 0.25) is 0 Å². The lowest BCUT2D eigenvalue weighted by Gasteiger charge is -2.13. The van der Waals surface area contributed by atoms with Gasteiger partial charge in [0.05, 0.1) is 15.7 Å². The van der Waals surface area contributed by atoms with E-state index in [0.29, 0.717) is 11.4 Å². The summed E-state index contributed by atoms with van der Waals surface area (Å²) in [6.07, 6.45) is 0. The molecule has 0 saturated heterocycles. The molecule has 0 aliphatic rings. The third kappa shape index (κ3) is 6.16. The number of benzene rings is 3. The van der Waals surface area contributed by atoms with Gasteiger partial charge in [0.2, 0.25) is 15.9 Å². The van der Waals surface area contributed by atoms with E-state index in [-0.39, 0.29) is 16.4 Å². The van der Waals surface area contributed by atoms with Crippen LogP contribution in [0, 0.1) is 5.82 Å². The first-order valence-corrected chi connectivity index (χ1v) is 11.8. The zero-order chi connectivity index (χ0) is 23.3. The molecule has 10 heteroatoms. The van der Waals surface area contributed by atoms with E-state index < -0.39 is 27.0 Å². The van der Waals surface area contributed by atoms with Gasteiger partial charge < -0.3 is 10.6 Å². The molecule has 0 spiro atoms. The number of carbonyl (C=O) groups is 2. The maximum atomic E-state index is 13.7. The van der Waals surface area contributed by atoms with Crippen LogP contribution in [0.4, 0.5) is 15.8 Å². The van der Waals surface area contributed by atoms with Gasteiger partial charge in [-0.1, -0.05) is 12.1 Å². The Morgan fingerprint density at radius 1 is 0.906 bits per heavy atom. The average Bonchev–Trinajstić information content (AvgIpc) is 2.75. The minimum Gasteiger partial charge on any atom is -0.325 e. The predicted molar refractivity (Wildman–Crippen MR) is 123 cm³/mol. The lowest BCUT2D eigenvalue weighted by Crippen LogP contribution is -2.22. The third-order valence-corrected chi connectivity index (χ3v) is 6.40. The highest BCUT2D eigenvalue weighted by molar-refractivity contribution is 8.00. The van der Waals surface area contributed by atoms with Crippen molar-refractivity contribution < 1.29 is 22.4 Å². The molecule has 1 atom stereocenters. The molecule has 3 aromatic rings. The second-order valence-corrected chi connectivity index (χ2v) is 9.75. The van der Waals surface area contributed by atoms with Crippen molar-refractivity contribution >= 4 is 45.0 Å². The Hall–Kier alpha value is -3.21. The third-order valence-electron chi connectivity index (χ3n) is 4.36. The van der Waals surface area contributed by atoms with Gasteiger partial charge in [-0.2, -0.15) is 0 Å². The first-order valence-electron chi connectivity index (χ1n) is 9.40. The number of halogens is 1. The molecule has 0 saturated carbocycles. The van der Waals surface area contributed by atoms with Crippen LogP contribution >= 0.6 is 11.8 Å². The molecule has 0 fully saturated rings. The summed E-state index contributed by atoms with van der Waals surface area (Å²) in [4.78, 5) is 25.4. The number of hydrogen-bond donors (Lipinski definition) is 3. The molecule has 3 aromatic carbocycles. The number of nitrogens with one attached hydrogen (secondary N) is 2. The minimum absolute atomic E-state index is 0.0416. The second kappa shape index (κ2) is 9.94. The van der Waals surface area contributed by atoms with Gasteiger partial charge in [0.25, 0.3) is 5.91 Å². The summed E-state index contributed by atoms with van der Waals surface area (Å²) >= 11 is 1.30. The van der Waals surface area contributed by atoms with Crippen molar-refractivity contribution in [1.82, 2.24) is 0 Å². The summed E-state index contributed by atoms with van der Waals surface area (Å²) < 4.78 is 36.3.